The van der Waals surface area contributed by atoms with Gasteiger partial charge in [0.15, 0.2) is 0 Å². The highest BCUT2D eigenvalue weighted by atomic mass is 16.5. The van der Waals surface area contributed by atoms with Gasteiger partial charge in [0.2, 0.25) is 29.0 Å². The summed E-state index contributed by atoms with van der Waals surface area (Å²) in [6.07, 6.45) is -0.981. The van der Waals surface area contributed by atoms with E-state index in [1.165, 1.54) is 20.3 Å². The lowest BCUT2D eigenvalue weighted by Gasteiger charge is -2.27. The molecule has 8 heteroatoms. The van der Waals surface area contributed by atoms with Crippen LogP contribution in [0.4, 0.5) is 5.69 Å². The number of imide groups is 1. The molecule has 1 spiro atoms. The van der Waals surface area contributed by atoms with Crippen LogP contribution in [0.25, 0.3) is 0 Å². The topological polar surface area (TPSA) is 99.2 Å². The molecule has 0 N–H and O–H groups in total. The number of Topliss-reactive ketones (excluding diaryl/α,β-unsaturated/α-hetero) is 2. The fourth-order valence-electron chi connectivity index (χ4n) is 5.78. The molecule has 37 heavy (non-hydrogen) atoms. The number of fused-ring (bicyclic) bond motifs is 3. The van der Waals surface area contributed by atoms with Crippen LogP contribution in [0.3, 0.4) is 0 Å². The lowest BCUT2D eigenvalue weighted by molar-refractivity contribution is -0.127. The Labute approximate surface area is 212 Å². The van der Waals surface area contributed by atoms with Crippen molar-refractivity contribution in [2.24, 2.45) is 11.8 Å². The minimum atomic E-state index is -2.13. The highest BCUT2D eigenvalue weighted by Gasteiger charge is 2.74. The van der Waals surface area contributed by atoms with Gasteiger partial charge in [-0.05, 0) is 24.6 Å². The van der Waals surface area contributed by atoms with Crippen molar-refractivity contribution in [3.63, 3.8) is 0 Å². The summed E-state index contributed by atoms with van der Waals surface area (Å²) in [4.78, 5) is 56.9. The molecule has 8 nitrogen and oxygen atoms in total. The van der Waals surface area contributed by atoms with E-state index in [2.05, 4.69) is 0 Å². The van der Waals surface area contributed by atoms with E-state index in [4.69, 9.17) is 14.2 Å². The summed E-state index contributed by atoms with van der Waals surface area (Å²) in [5.41, 5.74) is 0.0263. The van der Waals surface area contributed by atoms with E-state index in [1.54, 1.807) is 48.5 Å². The van der Waals surface area contributed by atoms with Gasteiger partial charge in [0, 0.05) is 17.2 Å². The number of benzene rings is 3. The third kappa shape index (κ3) is 2.99. The van der Waals surface area contributed by atoms with Crippen molar-refractivity contribution in [2.75, 3.05) is 19.1 Å². The van der Waals surface area contributed by atoms with Crippen molar-refractivity contribution in [2.45, 2.75) is 18.6 Å². The molecule has 186 valence electrons. The van der Waals surface area contributed by atoms with Gasteiger partial charge in [0.05, 0.1) is 37.8 Å². The maximum absolute atomic E-state index is 14.1. The van der Waals surface area contributed by atoms with E-state index in [9.17, 15) is 19.2 Å². The van der Waals surface area contributed by atoms with Crippen molar-refractivity contribution in [1.82, 2.24) is 0 Å². The van der Waals surface area contributed by atoms with Gasteiger partial charge >= 0.3 is 0 Å². The molecule has 0 radical (unpaired) electrons. The predicted octanol–water partition coefficient (Wildman–Crippen LogP) is 3.71. The molecule has 3 aliphatic rings. The molecule has 6 rings (SSSR count). The number of carbonyl (C=O) groups excluding carboxylic acids is 4. The predicted molar refractivity (Wildman–Crippen MR) is 132 cm³/mol. The second-order valence-corrected chi connectivity index (χ2v) is 9.44. The molecule has 3 aromatic carbocycles. The number of hydrogen-bond donors (Lipinski definition) is 0. The monoisotopic (exact) mass is 497 g/mol. The highest BCUT2D eigenvalue weighted by molar-refractivity contribution is 6.37. The number of nitrogens with zero attached hydrogens (tertiary/aromatic N) is 1. The molecule has 2 fully saturated rings. The van der Waals surface area contributed by atoms with Crippen LogP contribution in [0, 0.1) is 18.8 Å². The standard InChI is InChI=1S/C29H23NO7/c1-15-8-10-16(11-9-15)24-22-23(29(37-24)25(31)18-6-4-5-7-19(18)26(29)32)28(34)30(27(22)33)20-14-17(35-2)12-13-21(20)36-3/h4-14,22-24H,1-3H3/t22-,23-,24-/m0/s1. The van der Waals surface area contributed by atoms with Gasteiger partial charge in [-0.15, -0.1) is 0 Å². The molecule has 0 saturated carbocycles. The molecule has 0 bridgehead atoms. The van der Waals surface area contributed by atoms with Gasteiger partial charge < -0.3 is 14.2 Å². The summed E-state index contributed by atoms with van der Waals surface area (Å²) in [5.74, 6) is -4.20. The molecule has 0 unspecified atom stereocenters. The van der Waals surface area contributed by atoms with Crippen molar-refractivity contribution in [3.05, 3.63) is 89.0 Å². The molecule has 1 aliphatic carbocycles. The third-order valence-corrected chi connectivity index (χ3v) is 7.55. The summed E-state index contributed by atoms with van der Waals surface area (Å²) in [7, 11) is 2.90. The van der Waals surface area contributed by atoms with Gasteiger partial charge in [0.1, 0.15) is 11.5 Å². The third-order valence-electron chi connectivity index (χ3n) is 7.55. The zero-order valence-electron chi connectivity index (χ0n) is 20.4. The van der Waals surface area contributed by atoms with E-state index in [1.807, 2.05) is 19.1 Å². The summed E-state index contributed by atoms with van der Waals surface area (Å²) >= 11 is 0. The van der Waals surface area contributed by atoms with E-state index in [0.717, 1.165) is 10.5 Å². The Morgan fingerprint density at radius 3 is 2.05 bits per heavy atom. The fraction of sp³-hybridized carbons (Fsp3) is 0.241. The molecular formula is C29H23NO7. The number of aryl methyl sites for hydroxylation is 1. The zero-order chi connectivity index (χ0) is 26.1. The van der Waals surface area contributed by atoms with Crippen molar-refractivity contribution < 1.29 is 33.4 Å². The van der Waals surface area contributed by atoms with Crippen LogP contribution < -0.4 is 14.4 Å². The molecule has 2 amide bonds. The Morgan fingerprint density at radius 1 is 0.811 bits per heavy atom. The van der Waals surface area contributed by atoms with E-state index in [0.29, 0.717) is 11.3 Å². The Kier molecular flexibility index (Phi) is 5.07. The number of ether oxygens (including phenoxy) is 3. The SMILES string of the molecule is COc1ccc(OC)c(N2C(=O)[C@H]3[C@@H](C2=O)C2(O[C@H]3c3ccc(C)cc3)C(=O)c3ccccc3C2=O)c1. The number of rotatable bonds is 4. The van der Waals surface area contributed by atoms with Gasteiger partial charge in [-0.3, -0.25) is 19.2 Å². The summed E-state index contributed by atoms with van der Waals surface area (Å²) in [6, 6.07) is 18.5. The molecule has 3 atom stereocenters. The largest absolute Gasteiger partial charge is 0.497 e. The van der Waals surface area contributed by atoms with Gasteiger partial charge in [-0.2, -0.15) is 0 Å². The summed E-state index contributed by atoms with van der Waals surface area (Å²) in [6.45, 7) is 1.92. The van der Waals surface area contributed by atoms with Crippen molar-refractivity contribution in [1.29, 1.82) is 0 Å². The second kappa shape index (κ2) is 8.11. The average molecular weight is 498 g/mol. The molecule has 2 saturated heterocycles. The number of amides is 2. The fourth-order valence-corrected chi connectivity index (χ4v) is 5.78. The van der Waals surface area contributed by atoms with E-state index < -0.39 is 46.9 Å². The van der Waals surface area contributed by atoms with Crippen LogP contribution in [0.1, 0.15) is 37.9 Å². The minimum absolute atomic E-state index is 0.180. The van der Waals surface area contributed by atoms with Gasteiger partial charge in [0.25, 0.3) is 0 Å². The van der Waals surface area contributed by atoms with Gasteiger partial charge in [-0.1, -0.05) is 54.1 Å². The molecule has 0 aromatic heterocycles. The first-order chi connectivity index (χ1) is 17.8. The first-order valence-corrected chi connectivity index (χ1v) is 11.9. The lowest BCUT2D eigenvalue weighted by Crippen LogP contribution is -2.51. The van der Waals surface area contributed by atoms with Crippen LogP contribution in [0.5, 0.6) is 11.5 Å². The number of hydrogen-bond acceptors (Lipinski definition) is 7. The quantitative estimate of drug-likeness (QED) is 0.400. The number of methoxy groups -OCH3 is 2. The van der Waals surface area contributed by atoms with Crippen molar-refractivity contribution >= 4 is 29.1 Å². The van der Waals surface area contributed by atoms with Crippen LogP contribution in [-0.2, 0) is 14.3 Å². The van der Waals surface area contributed by atoms with Crippen LogP contribution in [0.2, 0.25) is 0 Å². The molecular weight excluding hydrogens is 474 g/mol. The Bertz CT molecular complexity index is 1460. The van der Waals surface area contributed by atoms with E-state index in [-0.39, 0.29) is 22.6 Å². The lowest BCUT2D eigenvalue weighted by atomic mass is 9.77. The first kappa shape index (κ1) is 23.1. The maximum Gasteiger partial charge on any atom is 0.241 e. The van der Waals surface area contributed by atoms with Gasteiger partial charge in [-0.25, -0.2) is 4.90 Å². The normalized spacial score (nSPS) is 23.5. The Balaban J connectivity index is 1.55. The number of carbonyl (C=O) groups is 4. The Morgan fingerprint density at radius 2 is 1.46 bits per heavy atom. The maximum atomic E-state index is 14.1. The summed E-state index contributed by atoms with van der Waals surface area (Å²) < 4.78 is 17.1. The van der Waals surface area contributed by atoms with Crippen LogP contribution >= 0.6 is 0 Å². The number of anilines is 1. The number of ketones is 2. The highest BCUT2D eigenvalue weighted by Crippen LogP contribution is 2.58. The Hall–Kier alpha value is -4.30. The average Bonchev–Trinajstić information content (AvgIpc) is 3.48. The molecule has 2 heterocycles. The minimum Gasteiger partial charge on any atom is -0.497 e. The smallest absolute Gasteiger partial charge is 0.241 e. The molecule has 3 aromatic rings. The zero-order valence-corrected chi connectivity index (χ0v) is 20.4. The summed E-state index contributed by atoms with van der Waals surface area (Å²) in [5, 5.41) is 0. The second-order valence-electron chi connectivity index (χ2n) is 9.44. The van der Waals surface area contributed by atoms with E-state index >= 15 is 0 Å². The van der Waals surface area contributed by atoms with Crippen molar-refractivity contribution in [3.8, 4) is 11.5 Å². The van der Waals surface area contributed by atoms with Crippen LogP contribution in [-0.4, -0.2) is 43.2 Å². The van der Waals surface area contributed by atoms with Crippen LogP contribution in [0.15, 0.2) is 66.7 Å². The first-order valence-electron chi connectivity index (χ1n) is 11.9. The molecule has 2 aliphatic heterocycles.